The fourth-order valence-corrected chi connectivity index (χ4v) is 2.03. The van der Waals surface area contributed by atoms with Crippen LogP contribution in [0.15, 0.2) is 36.4 Å². The highest BCUT2D eigenvalue weighted by Crippen LogP contribution is 2.23. The number of hydrogen-bond acceptors (Lipinski definition) is 4. The number of carboxylic acids is 2. The summed E-state index contributed by atoms with van der Waals surface area (Å²) < 4.78 is 0. The number of hydrogen-bond donors (Lipinski definition) is 2. The second-order valence-corrected chi connectivity index (χ2v) is 4.21. The summed E-state index contributed by atoms with van der Waals surface area (Å²) in [5.74, 6) is -2.22. The van der Waals surface area contributed by atoms with Gasteiger partial charge in [0.1, 0.15) is 11.4 Å². The van der Waals surface area contributed by atoms with Crippen LogP contribution in [0.25, 0.3) is 21.8 Å². The van der Waals surface area contributed by atoms with Crippen LogP contribution in [-0.4, -0.2) is 32.1 Å². The summed E-state index contributed by atoms with van der Waals surface area (Å²) >= 11 is 0. The first kappa shape index (κ1) is 12.0. The van der Waals surface area contributed by atoms with Gasteiger partial charge in [-0.05, 0) is 24.3 Å². The molecule has 1 aromatic carbocycles. The highest BCUT2D eigenvalue weighted by Gasteiger charge is 2.10. The average molecular weight is 268 g/mol. The first-order chi connectivity index (χ1) is 9.56. The lowest BCUT2D eigenvalue weighted by Gasteiger charge is -2.04. The Hall–Kier alpha value is -3.02. The first-order valence-corrected chi connectivity index (χ1v) is 5.73. The average Bonchev–Trinajstić information content (AvgIpc) is 2.45. The lowest BCUT2D eigenvalue weighted by Crippen LogP contribution is -2.02. The van der Waals surface area contributed by atoms with E-state index in [4.69, 9.17) is 10.2 Å². The van der Waals surface area contributed by atoms with Gasteiger partial charge in [-0.15, -0.1) is 0 Å². The van der Waals surface area contributed by atoms with Crippen LogP contribution in [0.5, 0.6) is 0 Å². The van der Waals surface area contributed by atoms with Crippen LogP contribution in [0.3, 0.4) is 0 Å². The number of rotatable bonds is 2. The third-order valence-electron chi connectivity index (χ3n) is 2.97. The van der Waals surface area contributed by atoms with Crippen molar-refractivity contribution < 1.29 is 19.8 Å². The molecule has 6 heteroatoms. The van der Waals surface area contributed by atoms with Crippen LogP contribution in [0, 0.1) is 0 Å². The van der Waals surface area contributed by atoms with Gasteiger partial charge >= 0.3 is 11.9 Å². The Morgan fingerprint density at radius 1 is 0.800 bits per heavy atom. The highest BCUT2D eigenvalue weighted by atomic mass is 16.4. The van der Waals surface area contributed by atoms with Crippen LogP contribution >= 0.6 is 0 Å². The van der Waals surface area contributed by atoms with E-state index >= 15 is 0 Å². The van der Waals surface area contributed by atoms with Crippen molar-refractivity contribution in [2.24, 2.45) is 0 Å². The SMILES string of the molecule is O=C(O)c1ccc2c(ccc3ccc(C(=O)O)nc32)n1. The van der Waals surface area contributed by atoms with E-state index in [1.807, 2.05) is 0 Å². The molecule has 0 saturated carbocycles. The standard InChI is InChI=1S/C14H8N2O4/c17-13(18)10-6-3-8-9(15-10)4-1-7-2-5-11(14(19)20)16-12(7)8/h1-6H,(H,17,18)(H,19,20). The Morgan fingerprint density at radius 2 is 1.40 bits per heavy atom. The molecule has 2 heterocycles. The van der Waals surface area contributed by atoms with Gasteiger partial charge in [0.25, 0.3) is 0 Å². The second kappa shape index (κ2) is 4.27. The van der Waals surface area contributed by atoms with Gasteiger partial charge in [-0.3, -0.25) is 0 Å². The number of pyridine rings is 2. The molecule has 0 aliphatic rings. The van der Waals surface area contributed by atoms with Gasteiger partial charge < -0.3 is 10.2 Å². The predicted octanol–water partition coefficient (Wildman–Crippen LogP) is 2.18. The van der Waals surface area contributed by atoms with Gasteiger partial charge in [0.05, 0.1) is 11.0 Å². The van der Waals surface area contributed by atoms with Gasteiger partial charge in [0.2, 0.25) is 0 Å². The van der Waals surface area contributed by atoms with Crippen LogP contribution < -0.4 is 0 Å². The van der Waals surface area contributed by atoms with E-state index in [-0.39, 0.29) is 11.4 Å². The van der Waals surface area contributed by atoms with Crippen molar-refractivity contribution in [3.05, 3.63) is 47.8 Å². The molecule has 0 saturated heterocycles. The van der Waals surface area contributed by atoms with Crippen LogP contribution in [-0.2, 0) is 0 Å². The molecule has 0 spiro atoms. The molecular formula is C14H8N2O4. The zero-order valence-corrected chi connectivity index (χ0v) is 10.1. The highest BCUT2D eigenvalue weighted by molar-refractivity contribution is 6.05. The maximum Gasteiger partial charge on any atom is 0.354 e. The number of nitrogens with zero attached hydrogens (tertiary/aromatic N) is 2. The zero-order chi connectivity index (χ0) is 14.3. The number of benzene rings is 1. The van der Waals surface area contributed by atoms with Crippen LogP contribution in [0.1, 0.15) is 21.0 Å². The summed E-state index contributed by atoms with van der Waals surface area (Å²) in [6, 6.07) is 9.47. The smallest absolute Gasteiger partial charge is 0.354 e. The summed E-state index contributed by atoms with van der Waals surface area (Å²) in [4.78, 5) is 30.0. The Morgan fingerprint density at radius 3 is 2.10 bits per heavy atom. The van der Waals surface area contributed by atoms with E-state index in [0.29, 0.717) is 16.4 Å². The monoisotopic (exact) mass is 268 g/mol. The van der Waals surface area contributed by atoms with Crippen molar-refractivity contribution in [1.29, 1.82) is 0 Å². The summed E-state index contributed by atoms with van der Waals surface area (Å²) in [6.07, 6.45) is 0. The second-order valence-electron chi connectivity index (χ2n) is 4.21. The van der Waals surface area contributed by atoms with Crippen molar-refractivity contribution in [2.45, 2.75) is 0 Å². The van der Waals surface area contributed by atoms with Crippen molar-refractivity contribution in [1.82, 2.24) is 9.97 Å². The maximum absolute atomic E-state index is 11.0. The van der Waals surface area contributed by atoms with Crippen molar-refractivity contribution in [3.63, 3.8) is 0 Å². The van der Waals surface area contributed by atoms with Crippen LogP contribution in [0.2, 0.25) is 0 Å². The molecule has 20 heavy (non-hydrogen) atoms. The molecule has 2 aromatic heterocycles. The van der Waals surface area contributed by atoms with E-state index < -0.39 is 11.9 Å². The van der Waals surface area contributed by atoms with E-state index in [0.717, 1.165) is 5.39 Å². The van der Waals surface area contributed by atoms with Crippen LogP contribution in [0.4, 0.5) is 0 Å². The van der Waals surface area contributed by atoms with Gasteiger partial charge in [-0.25, -0.2) is 19.6 Å². The van der Waals surface area contributed by atoms with Gasteiger partial charge in [-0.2, -0.15) is 0 Å². The quantitative estimate of drug-likeness (QED) is 0.691. The van der Waals surface area contributed by atoms with Crippen molar-refractivity contribution in [3.8, 4) is 0 Å². The van der Waals surface area contributed by atoms with E-state index in [2.05, 4.69) is 9.97 Å². The molecule has 0 aliphatic carbocycles. The lowest BCUT2D eigenvalue weighted by molar-refractivity contribution is 0.0680. The topological polar surface area (TPSA) is 100 Å². The first-order valence-electron chi connectivity index (χ1n) is 5.73. The van der Waals surface area contributed by atoms with Crippen molar-refractivity contribution in [2.75, 3.05) is 0 Å². The maximum atomic E-state index is 11.0. The molecule has 0 bridgehead atoms. The molecule has 0 aliphatic heterocycles. The fourth-order valence-electron chi connectivity index (χ4n) is 2.03. The summed E-state index contributed by atoms with van der Waals surface area (Å²) in [5.41, 5.74) is 0.831. The Balaban J connectivity index is 2.36. The summed E-state index contributed by atoms with van der Waals surface area (Å²) in [6.45, 7) is 0. The molecule has 0 atom stereocenters. The Kier molecular flexibility index (Phi) is 2.57. The third-order valence-corrected chi connectivity index (χ3v) is 2.97. The number of fused-ring (bicyclic) bond motifs is 3. The number of aromatic carboxylic acids is 2. The molecule has 0 radical (unpaired) electrons. The minimum atomic E-state index is -1.11. The normalized spacial score (nSPS) is 10.8. The number of aromatic nitrogens is 2. The lowest BCUT2D eigenvalue weighted by atomic mass is 10.1. The summed E-state index contributed by atoms with van der Waals surface area (Å²) in [7, 11) is 0. The van der Waals surface area contributed by atoms with E-state index in [1.165, 1.54) is 12.1 Å². The molecule has 0 unspecified atom stereocenters. The zero-order valence-electron chi connectivity index (χ0n) is 10.1. The molecule has 0 amide bonds. The number of carboxylic acid groups (broad SMARTS) is 2. The third kappa shape index (κ3) is 1.83. The van der Waals surface area contributed by atoms with E-state index in [1.54, 1.807) is 24.3 Å². The van der Waals surface area contributed by atoms with E-state index in [9.17, 15) is 9.59 Å². The molecule has 98 valence electrons. The molecule has 0 fully saturated rings. The summed E-state index contributed by atoms with van der Waals surface area (Å²) in [5, 5.41) is 19.3. The molecule has 6 nitrogen and oxygen atoms in total. The van der Waals surface area contributed by atoms with Gasteiger partial charge in [0.15, 0.2) is 0 Å². The van der Waals surface area contributed by atoms with Crippen molar-refractivity contribution >= 4 is 33.7 Å². The minimum absolute atomic E-state index is 0.0627. The largest absolute Gasteiger partial charge is 0.477 e. The number of carbonyl (C=O) groups is 2. The molecule has 2 N–H and O–H groups in total. The van der Waals surface area contributed by atoms with Gasteiger partial charge in [-0.1, -0.05) is 12.1 Å². The fraction of sp³-hybridized carbons (Fsp3) is 0. The predicted molar refractivity (Wildman–Crippen MR) is 71.0 cm³/mol. The Bertz CT molecular complexity index is 874. The molecule has 3 rings (SSSR count). The molecular weight excluding hydrogens is 260 g/mol. The van der Waals surface area contributed by atoms with Gasteiger partial charge in [0, 0.05) is 10.8 Å². The Labute approximate surface area is 112 Å². The minimum Gasteiger partial charge on any atom is -0.477 e. The molecule has 3 aromatic rings.